The van der Waals surface area contributed by atoms with Crippen LogP contribution in [0, 0.1) is 6.92 Å². The number of pyridine rings is 1. The largest absolute Gasteiger partial charge is 0.365 e. The van der Waals surface area contributed by atoms with Crippen molar-refractivity contribution < 1.29 is 0 Å². The van der Waals surface area contributed by atoms with Gasteiger partial charge in [-0.15, -0.1) is 11.3 Å². The summed E-state index contributed by atoms with van der Waals surface area (Å²) >= 11 is 1.75. The Bertz CT molecular complexity index is 448. The summed E-state index contributed by atoms with van der Waals surface area (Å²) in [6.07, 6.45) is 4.81. The van der Waals surface area contributed by atoms with E-state index in [2.05, 4.69) is 28.3 Å². The van der Waals surface area contributed by atoms with Crippen molar-refractivity contribution in [3.05, 3.63) is 40.0 Å². The lowest BCUT2D eigenvalue weighted by molar-refractivity contribution is 1.08. The van der Waals surface area contributed by atoms with Crippen LogP contribution < -0.4 is 5.32 Å². The van der Waals surface area contributed by atoms with Crippen LogP contribution in [-0.2, 0) is 13.0 Å². The second kappa shape index (κ2) is 5.07. The summed E-state index contributed by atoms with van der Waals surface area (Å²) in [5.74, 6) is 0.914. The number of anilines is 1. The van der Waals surface area contributed by atoms with Gasteiger partial charge in [0.05, 0.1) is 11.6 Å². The molecule has 84 valence electrons. The summed E-state index contributed by atoms with van der Waals surface area (Å²) in [4.78, 5) is 9.86. The molecule has 16 heavy (non-hydrogen) atoms. The highest BCUT2D eigenvalue weighted by atomic mass is 32.1. The van der Waals surface area contributed by atoms with Crippen LogP contribution in [0.1, 0.15) is 22.4 Å². The average molecular weight is 233 g/mol. The maximum atomic E-state index is 4.32. The van der Waals surface area contributed by atoms with E-state index in [1.165, 1.54) is 15.4 Å². The van der Waals surface area contributed by atoms with Crippen molar-refractivity contribution in [3.8, 4) is 0 Å². The van der Waals surface area contributed by atoms with E-state index >= 15 is 0 Å². The predicted molar refractivity (Wildman–Crippen MR) is 67.8 cm³/mol. The first kappa shape index (κ1) is 11.1. The fraction of sp³-hybridized carbons (Fsp3) is 0.333. The quantitative estimate of drug-likeness (QED) is 0.882. The zero-order valence-electron chi connectivity index (χ0n) is 9.53. The molecule has 0 atom stereocenters. The van der Waals surface area contributed by atoms with Crippen LogP contribution in [0.25, 0.3) is 0 Å². The minimum atomic E-state index is 0.799. The van der Waals surface area contributed by atoms with Crippen molar-refractivity contribution in [3.63, 3.8) is 0 Å². The van der Waals surface area contributed by atoms with Crippen molar-refractivity contribution >= 4 is 17.2 Å². The zero-order chi connectivity index (χ0) is 11.4. The van der Waals surface area contributed by atoms with Crippen LogP contribution in [0.3, 0.4) is 0 Å². The van der Waals surface area contributed by atoms with Gasteiger partial charge in [0.15, 0.2) is 0 Å². The first-order valence-corrected chi connectivity index (χ1v) is 6.19. The molecular weight excluding hydrogens is 218 g/mol. The van der Waals surface area contributed by atoms with Gasteiger partial charge in [-0.1, -0.05) is 13.0 Å². The molecule has 2 aromatic heterocycles. The summed E-state index contributed by atoms with van der Waals surface area (Å²) in [6.45, 7) is 4.96. The second-order valence-corrected chi connectivity index (χ2v) is 4.85. The molecule has 0 aliphatic rings. The molecule has 0 aliphatic carbocycles. The molecule has 0 unspecified atom stereocenters. The van der Waals surface area contributed by atoms with E-state index in [9.17, 15) is 0 Å². The number of hydrogen-bond donors (Lipinski definition) is 1. The molecule has 3 nitrogen and oxygen atoms in total. The Balaban J connectivity index is 1.94. The van der Waals surface area contributed by atoms with E-state index in [1.54, 1.807) is 11.3 Å². The zero-order valence-corrected chi connectivity index (χ0v) is 10.3. The van der Waals surface area contributed by atoms with Gasteiger partial charge in [0.2, 0.25) is 0 Å². The number of aryl methyl sites for hydroxylation is 2. The van der Waals surface area contributed by atoms with Crippen LogP contribution in [0.15, 0.2) is 24.5 Å². The normalized spacial score (nSPS) is 10.4. The number of nitrogens with one attached hydrogen (secondary N) is 1. The molecule has 0 bridgehead atoms. The van der Waals surface area contributed by atoms with Crippen LogP contribution in [0.4, 0.5) is 5.82 Å². The predicted octanol–water partition coefficient (Wildman–Crippen LogP) is 3.02. The van der Waals surface area contributed by atoms with Gasteiger partial charge >= 0.3 is 0 Å². The van der Waals surface area contributed by atoms with Crippen molar-refractivity contribution in [2.24, 2.45) is 0 Å². The van der Waals surface area contributed by atoms with Gasteiger partial charge in [-0.05, 0) is 25.0 Å². The summed E-state index contributed by atoms with van der Waals surface area (Å²) < 4.78 is 0. The fourth-order valence-corrected chi connectivity index (χ4v) is 2.15. The highest BCUT2D eigenvalue weighted by molar-refractivity contribution is 7.11. The maximum Gasteiger partial charge on any atom is 0.126 e. The van der Waals surface area contributed by atoms with Crippen LogP contribution in [0.5, 0.6) is 0 Å². The Morgan fingerprint density at radius 3 is 2.75 bits per heavy atom. The van der Waals surface area contributed by atoms with E-state index in [1.807, 2.05) is 25.4 Å². The topological polar surface area (TPSA) is 37.8 Å². The van der Waals surface area contributed by atoms with Gasteiger partial charge in [-0.3, -0.25) is 0 Å². The van der Waals surface area contributed by atoms with Gasteiger partial charge in [0.25, 0.3) is 0 Å². The Hall–Kier alpha value is -1.42. The molecular formula is C12H15N3S. The number of thiazole rings is 1. The van der Waals surface area contributed by atoms with Gasteiger partial charge in [0.1, 0.15) is 5.82 Å². The van der Waals surface area contributed by atoms with E-state index in [0.717, 1.165) is 18.8 Å². The van der Waals surface area contributed by atoms with Crippen molar-refractivity contribution in [1.29, 1.82) is 0 Å². The monoisotopic (exact) mass is 233 g/mol. The van der Waals surface area contributed by atoms with E-state index < -0.39 is 0 Å². The Labute approximate surface area is 99.6 Å². The Kier molecular flexibility index (Phi) is 3.51. The maximum absolute atomic E-state index is 4.32. The average Bonchev–Trinajstić information content (AvgIpc) is 2.76. The molecule has 0 spiro atoms. The minimum Gasteiger partial charge on any atom is -0.365 e. The van der Waals surface area contributed by atoms with Crippen LogP contribution >= 0.6 is 11.3 Å². The lowest BCUT2D eigenvalue weighted by Crippen LogP contribution is -1.99. The molecule has 0 amide bonds. The first-order valence-electron chi connectivity index (χ1n) is 5.38. The Morgan fingerprint density at radius 1 is 1.25 bits per heavy atom. The van der Waals surface area contributed by atoms with Gasteiger partial charge in [-0.2, -0.15) is 0 Å². The molecule has 0 fully saturated rings. The minimum absolute atomic E-state index is 0.799. The third-order valence-electron chi connectivity index (χ3n) is 2.26. The summed E-state index contributed by atoms with van der Waals surface area (Å²) in [5, 5.41) is 4.47. The Morgan fingerprint density at radius 2 is 2.12 bits per heavy atom. The summed E-state index contributed by atoms with van der Waals surface area (Å²) in [6, 6.07) is 4.05. The summed E-state index contributed by atoms with van der Waals surface area (Å²) in [5.41, 5.74) is 1.18. The van der Waals surface area contributed by atoms with Gasteiger partial charge in [0, 0.05) is 17.3 Å². The third-order valence-corrected chi connectivity index (χ3v) is 3.40. The molecule has 1 N–H and O–H groups in total. The second-order valence-electron chi connectivity index (χ2n) is 3.65. The van der Waals surface area contributed by atoms with E-state index in [-0.39, 0.29) is 0 Å². The number of nitrogens with zero attached hydrogens (tertiary/aromatic N) is 2. The molecule has 2 rings (SSSR count). The van der Waals surface area contributed by atoms with Crippen molar-refractivity contribution in [2.45, 2.75) is 26.8 Å². The molecule has 4 heteroatoms. The highest BCUT2D eigenvalue weighted by Gasteiger charge is 2.00. The molecule has 0 saturated carbocycles. The molecule has 2 heterocycles. The van der Waals surface area contributed by atoms with Crippen LogP contribution in [0.2, 0.25) is 0 Å². The van der Waals surface area contributed by atoms with Gasteiger partial charge < -0.3 is 5.32 Å². The lowest BCUT2D eigenvalue weighted by atomic mass is 10.3. The van der Waals surface area contributed by atoms with E-state index in [0.29, 0.717) is 0 Å². The number of aromatic nitrogens is 2. The molecule has 0 aromatic carbocycles. The number of hydrogen-bond acceptors (Lipinski definition) is 4. The standard InChI is InChI=1S/C12H15N3S/c1-3-12-15-8-10(16-12)7-14-11-5-4-9(2)6-13-11/h4-6,8H,3,7H2,1-2H3,(H,13,14). The number of rotatable bonds is 4. The first-order chi connectivity index (χ1) is 7.78. The van der Waals surface area contributed by atoms with Crippen molar-refractivity contribution in [2.75, 3.05) is 5.32 Å². The van der Waals surface area contributed by atoms with Crippen molar-refractivity contribution in [1.82, 2.24) is 9.97 Å². The fourth-order valence-electron chi connectivity index (χ4n) is 1.34. The third kappa shape index (κ3) is 2.79. The van der Waals surface area contributed by atoms with Crippen LogP contribution in [-0.4, -0.2) is 9.97 Å². The highest BCUT2D eigenvalue weighted by Crippen LogP contribution is 2.14. The van der Waals surface area contributed by atoms with Gasteiger partial charge in [-0.25, -0.2) is 9.97 Å². The molecule has 2 aromatic rings. The molecule has 0 saturated heterocycles. The molecule has 0 radical (unpaired) electrons. The van der Waals surface area contributed by atoms with E-state index in [4.69, 9.17) is 0 Å². The smallest absolute Gasteiger partial charge is 0.126 e. The lowest BCUT2D eigenvalue weighted by Gasteiger charge is -2.02. The SMILES string of the molecule is CCc1ncc(CNc2ccc(C)cn2)s1. The summed E-state index contributed by atoms with van der Waals surface area (Å²) in [7, 11) is 0. The molecule has 0 aliphatic heterocycles.